The van der Waals surface area contributed by atoms with E-state index in [1.807, 2.05) is 6.92 Å². The zero-order valence-electron chi connectivity index (χ0n) is 15.9. The standard InChI is InChI=1S/C20H21F2N3O4/c1-10-9-29-19-16-12(18(26)13(20(27)28)8-25(10)16)6-14(21)17(19)24-4-2-11(3-5-24)15(22)7-23/h6,8,10H,2-5,7,9,23H2,1H3,(H,27,28). The van der Waals surface area contributed by atoms with Crippen molar-refractivity contribution in [2.75, 3.05) is 31.1 Å². The van der Waals surface area contributed by atoms with Crippen molar-refractivity contribution in [3.8, 4) is 5.75 Å². The molecule has 0 aliphatic carbocycles. The summed E-state index contributed by atoms with van der Waals surface area (Å²) in [5, 5.41) is 9.32. The zero-order chi connectivity index (χ0) is 20.9. The molecule has 9 heteroatoms. The van der Waals surface area contributed by atoms with Gasteiger partial charge in [-0.3, -0.25) is 4.79 Å². The highest BCUT2D eigenvalue weighted by Gasteiger charge is 2.31. The number of piperidine rings is 1. The number of hydrogen-bond donors (Lipinski definition) is 2. The van der Waals surface area contributed by atoms with Crippen LogP contribution in [0, 0.1) is 5.82 Å². The molecular formula is C20H21F2N3O4. The molecule has 154 valence electrons. The Balaban J connectivity index is 1.88. The molecule has 1 saturated heterocycles. The van der Waals surface area contributed by atoms with Crippen molar-refractivity contribution in [2.24, 2.45) is 5.73 Å². The van der Waals surface area contributed by atoms with Gasteiger partial charge in [0.25, 0.3) is 0 Å². The van der Waals surface area contributed by atoms with E-state index >= 15 is 4.39 Å². The first-order chi connectivity index (χ1) is 13.8. The molecule has 4 rings (SSSR count). The first-order valence-corrected chi connectivity index (χ1v) is 9.42. The summed E-state index contributed by atoms with van der Waals surface area (Å²) in [5.41, 5.74) is 5.44. The number of hydrogen-bond acceptors (Lipinski definition) is 5. The van der Waals surface area contributed by atoms with Crippen LogP contribution in [0.2, 0.25) is 0 Å². The SMILES string of the molecule is CC1COc2c(N3CCC(=C(F)CN)CC3)c(F)cc3c(=O)c(C(=O)O)cn1c23. The van der Waals surface area contributed by atoms with Gasteiger partial charge in [0.1, 0.15) is 23.7 Å². The van der Waals surface area contributed by atoms with Gasteiger partial charge in [-0.1, -0.05) is 0 Å². The molecule has 1 fully saturated rings. The Labute approximate surface area is 165 Å². The Morgan fingerprint density at radius 1 is 1.38 bits per heavy atom. The molecule has 0 spiro atoms. The van der Waals surface area contributed by atoms with Gasteiger partial charge in [0.2, 0.25) is 5.43 Å². The third kappa shape index (κ3) is 3.05. The second-order valence-corrected chi connectivity index (χ2v) is 7.38. The Hall–Kier alpha value is -2.94. The maximum absolute atomic E-state index is 15.1. The molecule has 29 heavy (non-hydrogen) atoms. The van der Waals surface area contributed by atoms with Gasteiger partial charge in [-0.15, -0.1) is 0 Å². The van der Waals surface area contributed by atoms with E-state index in [0.717, 1.165) is 6.07 Å². The zero-order valence-corrected chi connectivity index (χ0v) is 15.9. The lowest BCUT2D eigenvalue weighted by molar-refractivity contribution is 0.0694. The van der Waals surface area contributed by atoms with Gasteiger partial charge in [-0.25, -0.2) is 13.6 Å². The van der Waals surface area contributed by atoms with Crippen molar-refractivity contribution in [3.05, 3.63) is 45.3 Å². The molecule has 1 atom stereocenters. The van der Waals surface area contributed by atoms with Crippen molar-refractivity contribution in [1.29, 1.82) is 0 Å². The Morgan fingerprint density at radius 2 is 2.07 bits per heavy atom. The molecular weight excluding hydrogens is 384 g/mol. The molecule has 0 bridgehead atoms. The molecule has 1 aromatic heterocycles. The van der Waals surface area contributed by atoms with Crippen LogP contribution in [0.4, 0.5) is 14.5 Å². The van der Waals surface area contributed by atoms with Crippen molar-refractivity contribution in [1.82, 2.24) is 4.57 Å². The van der Waals surface area contributed by atoms with E-state index in [0.29, 0.717) is 37.0 Å². The maximum atomic E-state index is 15.1. The fraction of sp³-hybridized carbons (Fsp3) is 0.400. The van der Waals surface area contributed by atoms with Crippen molar-refractivity contribution < 1.29 is 23.4 Å². The fourth-order valence-electron chi connectivity index (χ4n) is 4.07. The van der Waals surface area contributed by atoms with Crippen LogP contribution in [0.3, 0.4) is 0 Å². The summed E-state index contributed by atoms with van der Waals surface area (Å²) in [6.45, 7) is 2.66. The number of anilines is 1. The number of benzene rings is 1. The molecule has 2 aliphatic heterocycles. The minimum atomic E-state index is -1.36. The van der Waals surface area contributed by atoms with Crippen LogP contribution in [0.5, 0.6) is 5.75 Å². The van der Waals surface area contributed by atoms with E-state index in [1.54, 1.807) is 9.47 Å². The molecule has 3 heterocycles. The van der Waals surface area contributed by atoms with Crippen LogP contribution in [0.15, 0.2) is 28.5 Å². The highest BCUT2D eigenvalue weighted by molar-refractivity contribution is 5.97. The topological polar surface area (TPSA) is 97.8 Å². The first kappa shape index (κ1) is 19.4. The third-order valence-electron chi connectivity index (χ3n) is 5.62. The summed E-state index contributed by atoms with van der Waals surface area (Å²) in [6.07, 6.45) is 2.13. The largest absolute Gasteiger partial charge is 0.487 e. The smallest absolute Gasteiger partial charge is 0.341 e. The molecule has 2 aromatic rings. The number of nitrogens with two attached hydrogens (primary N) is 1. The number of carbonyl (C=O) groups is 1. The third-order valence-corrected chi connectivity index (χ3v) is 5.62. The number of carboxylic acids is 1. The number of nitrogens with zero attached hydrogens (tertiary/aromatic N) is 2. The summed E-state index contributed by atoms with van der Waals surface area (Å²) in [7, 11) is 0. The molecule has 0 amide bonds. The number of aromatic nitrogens is 1. The number of carboxylic acid groups (broad SMARTS) is 1. The highest BCUT2D eigenvalue weighted by Crippen LogP contribution is 2.43. The van der Waals surface area contributed by atoms with Gasteiger partial charge < -0.3 is 25.0 Å². The maximum Gasteiger partial charge on any atom is 0.341 e. The first-order valence-electron chi connectivity index (χ1n) is 9.42. The lowest BCUT2D eigenvalue weighted by atomic mass is 10.0. The fourth-order valence-corrected chi connectivity index (χ4v) is 4.07. The van der Waals surface area contributed by atoms with Crippen molar-refractivity contribution in [2.45, 2.75) is 25.8 Å². The van der Waals surface area contributed by atoms with Crippen LogP contribution in [0.1, 0.15) is 36.2 Å². The van der Waals surface area contributed by atoms with E-state index < -0.39 is 22.8 Å². The van der Waals surface area contributed by atoms with Crippen LogP contribution in [0.25, 0.3) is 10.9 Å². The summed E-state index contributed by atoms with van der Waals surface area (Å²) in [4.78, 5) is 25.9. The predicted molar refractivity (Wildman–Crippen MR) is 104 cm³/mol. The molecule has 1 unspecified atom stereocenters. The van der Waals surface area contributed by atoms with E-state index in [4.69, 9.17) is 10.5 Å². The molecule has 7 nitrogen and oxygen atoms in total. The van der Waals surface area contributed by atoms with Crippen LogP contribution in [-0.4, -0.2) is 41.9 Å². The lowest BCUT2D eigenvalue weighted by Gasteiger charge is -2.35. The summed E-state index contributed by atoms with van der Waals surface area (Å²) in [6, 6.07) is 0.851. The van der Waals surface area contributed by atoms with Gasteiger partial charge >= 0.3 is 5.97 Å². The minimum Gasteiger partial charge on any atom is -0.487 e. The molecule has 3 N–H and O–H groups in total. The van der Waals surface area contributed by atoms with Crippen molar-refractivity contribution in [3.63, 3.8) is 0 Å². The molecule has 2 aliphatic rings. The number of aromatic carboxylic acids is 1. The summed E-state index contributed by atoms with van der Waals surface area (Å²) < 4.78 is 36.4. The predicted octanol–water partition coefficient (Wildman–Crippen LogP) is 2.57. The normalized spacial score (nSPS) is 18.7. The Kier molecular flexibility index (Phi) is 4.77. The van der Waals surface area contributed by atoms with Gasteiger partial charge in [-0.2, -0.15) is 0 Å². The highest BCUT2D eigenvalue weighted by atomic mass is 19.1. The molecule has 0 saturated carbocycles. The average Bonchev–Trinajstić information content (AvgIpc) is 2.71. The number of halogens is 2. The van der Waals surface area contributed by atoms with E-state index in [-0.39, 0.29) is 41.8 Å². The summed E-state index contributed by atoms with van der Waals surface area (Å²) >= 11 is 0. The average molecular weight is 405 g/mol. The Bertz CT molecular complexity index is 1100. The Morgan fingerprint density at radius 3 is 2.69 bits per heavy atom. The van der Waals surface area contributed by atoms with Gasteiger partial charge in [0.05, 0.1) is 16.9 Å². The van der Waals surface area contributed by atoms with Crippen LogP contribution in [-0.2, 0) is 0 Å². The number of ether oxygens (including phenoxy) is 1. The van der Waals surface area contributed by atoms with Gasteiger partial charge in [0, 0.05) is 25.8 Å². The van der Waals surface area contributed by atoms with Gasteiger partial charge in [-0.05, 0) is 31.4 Å². The molecule has 1 aromatic carbocycles. The number of pyridine rings is 1. The van der Waals surface area contributed by atoms with E-state index in [1.165, 1.54) is 6.20 Å². The second kappa shape index (κ2) is 7.14. The number of rotatable bonds is 3. The van der Waals surface area contributed by atoms with Crippen LogP contribution < -0.4 is 20.8 Å². The van der Waals surface area contributed by atoms with Crippen molar-refractivity contribution >= 4 is 22.6 Å². The second-order valence-electron chi connectivity index (χ2n) is 7.38. The minimum absolute atomic E-state index is 0.0283. The monoisotopic (exact) mass is 405 g/mol. The van der Waals surface area contributed by atoms with E-state index in [2.05, 4.69) is 0 Å². The summed E-state index contributed by atoms with van der Waals surface area (Å²) in [5.74, 6) is -2.13. The quantitative estimate of drug-likeness (QED) is 0.815. The van der Waals surface area contributed by atoms with Gasteiger partial charge in [0.15, 0.2) is 11.6 Å². The van der Waals surface area contributed by atoms with Crippen LogP contribution >= 0.6 is 0 Å². The van der Waals surface area contributed by atoms with E-state index in [9.17, 15) is 19.1 Å². The lowest BCUT2D eigenvalue weighted by Crippen LogP contribution is -2.34. The molecule has 0 radical (unpaired) electrons.